The normalized spacial score (nSPS) is 14.4. The van der Waals surface area contributed by atoms with Crippen LogP contribution < -0.4 is 9.62 Å². The van der Waals surface area contributed by atoms with Gasteiger partial charge in [0.25, 0.3) is 0 Å². The van der Waals surface area contributed by atoms with E-state index in [1.54, 1.807) is 29.2 Å². The summed E-state index contributed by atoms with van der Waals surface area (Å²) in [5.41, 5.74) is 3.46. The Kier molecular flexibility index (Phi) is 11.0. The Balaban J connectivity index is 1.58. The fraction of sp³-hybridized carbons (Fsp3) is 0.394. The van der Waals surface area contributed by atoms with Gasteiger partial charge in [-0.15, -0.1) is 0 Å². The van der Waals surface area contributed by atoms with E-state index in [9.17, 15) is 18.0 Å². The second-order valence-corrected chi connectivity index (χ2v) is 13.5. The molecule has 0 aromatic heterocycles. The Morgan fingerprint density at radius 3 is 2.29 bits per heavy atom. The maximum atomic E-state index is 14.0. The highest BCUT2D eigenvalue weighted by Crippen LogP contribution is 2.24. The quantitative estimate of drug-likeness (QED) is 0.262. The Morgan fingerprint density at radius 2 is 1.64 bits per heavy atom. The number of benzene rings is 3. The number of hydrogen-bond acceptors (Lipinski definition) is 4. The van der Waals surface area contributed by atoms with Crippen molar-refractivity contribution in [2.24, 2.45) is 0 Å². The van der Waals surface area contributed by atoms with E-state index in [4.69, 9.17) is 11.6 Å². The zero-order chi connectivity index (χ0) is 30.1. The molecular weight excluding hydrogens is 570 g/mol. The average Bonchev–Trinajstić information content (AvgIpc) is 3.47. The molecule has 1 saturated carbocycles. The minimum Gasteiger partial charge on any atom is -0.352 e. The molecule has 4 rings (SSSR count). The lowest BCUT2D eigenvalue weighted by atomic mass is 10.0. The third-order valence-electron chi connectivity index (χ3n) is 7.69. The van der Waals surface area contributed by atoms with Crippen molar-refractivity contribution in [1.29, 1.82) is 0 Å². The number of nitrogens with zero attached hydrogens (tertiary/aromatic N) is 2. The molecule has 224 valence electrons. The van der Waals surface area contributed by atoms with Crippen molar-refractivity contribution in [2.45, 2.75) is 70.5 Å². The number of halogens is 1. The highest BCUT2D eigenvalue weighted by atomic mass is 35.5. The van der Waals surface area contributed by atoms with Crippen LogP contribution >= 0.6 is 11.6 Å². The molecule has 0 spiro atoms. The second kappa shape index (κ2) is 14.7. The third-order valence-corrected chi connectivity index (χ3v) is 9.12. The van der Waals surface area contributed by atoms with Crippen LogP contribution in [0.25, 0.3) is 0 Å². The predicted molar refractivity (Wildman–Crippen MR) is 169 cm³/mol. The van der Waals surface area contributed by atoms with Gasteiger partial charge in [-0.25, -0.2) is 8.42 Å². The van der Waals surface area contributed by atoms with Crippen LogP contribution in [0.3, 0.4) is 0 Å². The summed E-state index contributed by atoms with van der Waals surface area (Å²) in [6.45, 7) is 2.40. The van der Waals surface area contributed by atoms with Crippen molar-refractivity contribution in [3.63, 3.8) is 0 Å². The van der Waals surface area contributed by atoms with Gasteiger partial charge in [-0.05, 0) is 55.5 Å². The van der Waals surface area contributed by atoms with Gasteiger partial charge in [0.05, 0.1) is 11.9 Å². The zero-order valence-corrected chi connectivity index (χ0v) is 25.9. The van der Waals surface area contributed by atoms with Crippen molar-refractivity contribution < 1.29 is 18.0 Å². The summed E-state index contributed by atoms with van der Waals surface area (Å²) < 4.78 is 26.5. The Morgan fingerprint density at radius 1 is 0.952 bits per heavy atom. The first-order chi connectivity index (χ1) is 20.1. The third kappa shape index (κ3) is 9.07. The molecule has 0 aliphatic heterocycles. The molecule has 1 N–H and O–H groups in total. The van der Waals surface area contributed by atoms with Crippen molar-refractivity contribution in [1.82, 2.24) is 10.2 Å². The minimum absolute atomic E-state index is 0.0838. The summed E-state index contributed by atoms with van der Waals surface area (Å²) in [5.74, 6) is -0.347. The number of anilines is 1. The lowest BCUT2D eigenvalue weighted by molar-refractivity contribution is -0.141. The summed E-state index contributed by atoms with van der Waals surface area (Å²) in [5, 5.41) is 3.65. The van der Waals surface area contributed by atoms with E-state index in [-0.39, 0.29) is 43.8 Å². The van der Waals surface area contributed by atoms with E-state index in [2.05, 4.69) is 5.32 Å². The average molecular weight is 610 g/mol. The SMILES string of the molecule is Cc1ccc(CN(C(=O)CCCN(c2cccc(Cl)c2)S(C)(=O)=O)C(Cc2ccccc2)C(=O)NC2CCCC2)cc1. The van der Waals surface area contributed by atoms with Crippen molar-refractivity contribution in [2.75, 3.05) is 17.1 Å². The molecule has 1 fully saturated rings. The summed E-state index contributed by atoms with van der Waals surface area (Å²) in [7, 11) is -3.60. The molecule has 0 heterocycles. The van der Waals surface area contributed by atoms with Crippen LogP contribution in [0.2, 0.25) is 5.02 Å². The van der Waals surface area contributed by atoms with Crippen molar-refractivity contribution in [3.05, 3.63) is 101 Å². The fourth-order valence-electron chi connectivity index (χ4n) is 5.45. The van der Waals surface area contributed by atoms with Gasteiger partial charge in [0, 0.05) is 37.0 Å². The number of nitrogens with one attached hydrogen (secondary N) is 1. The molecule has 0 radical (unpaired) electrons. The van der Waals surface area contributed by atoms with Crippen LogP contribution in [-0.4, -0.2) is 50.0 Å². The number of carbonyl (C=O) groups excluding carboxylic acids is 2. The molecule has 9 heteroatoms. The molecule has 1 atom stereocenters. The van der Waals surface area contributed by atoms with Gasteiger partial charge in [0.2, 0.25) is 21.8 Å². The first kappa shape index (κ1) is 31.6. The van der Waals surface area contributed by atoms with E-state index in [1.165, 1.54) is 4.31 Å². The van der Waals surface area contributed by atoms with Gasteiger partial charge in [-0.3, -0.25) is 13.9 Å². The van der Waals surface area contributed by atoms with Gasteiger partial charge in [-0.1, -0.05) is 90.7 Å². The standard InChI is InChI=1S/C33H40ClN3O4S/c1-25-17-19-27(20-18-25)24-36(31(22-26-10-4-3-5-11-26)33(39)35-29-13-6-7-14-29)32(38)16-9-21-37(42(2,40)41)30-15-8-12-28(34)23-30/h3-5,8,10-12,15,17-20,23,29,31H,6-7,9,13-14,16,21-22,24H2,1-2H3,(H,35,39). The number of sulfonamides is 1. The molecule has 1 aliphatic rings. The number of amides is 2. The molecule has 1 unspecified atom stereocenters. The predicted octanol–water partition coefficient (Wildman–Crippen LogP) is 5.89. The lowest BCUT2D eigenvalue weighted by Gasteiger charge is -2.33. The van der Waals surface area contributed by atoms with E-state index >= 15 is 0 Å². The van der Waals surface area contributed by atoms with Crippen LogP contribution in [0.1, 0.15) is 55.2 Å². The number of aryl methyl sites for hydroxylation is 1. The van der Waals surface area contributed by atoms with E-state index in [0.717, 1.165) is 48.6 Å². The van der Waals surface area contributed by atoms with Crippen LogP contribution in [0.15, 0.2) is 78.9 Å². The smallest absolute Gasteiger partial charge is 0.243 e. The summed E-state index contributed by atoms with van der Waals surface area (Å²) >= 11 is 6.12. The summed E-state index contributed by atoms with van der Waals surface area (Å²) in [4.78, 5) is 29.5. The highest BCUT2D eigenvalue weighted by molar-refractivity contribution is 7.92. The molecule has 2 amide bonds. The van der Waals surface area contributed by atoms with Crippen LogP contribution in [-0.2, 0) is 32.6 Å². The Bertz CT molecular complexity index is 1440. The number of rotatable bonds is 13. The Labute approximate surface area is 254 Å². The zero-order valence-electron chi connectivity index (χ0n) is 24.3. The first-order valence-corrected chi connectivity index (χ1v) is 16.8. The van der Waals surface area contributed by atoms with Gasteiger partial charge in [-0.2, -0.15) is 0 Å². The molecule has 3 aromatic rings. The number of carbonyl (C=O) groups is 2. The van der Waals surface area contributed by atoms with Crippen LogP contribution in [0.4, 0.5) is 5.69 Å². The maximum Gasteiger partial charge on any atom is 0.243 e. The van der Waals surface area contributed by atoms with E-state index in [1.807, 2.05) is 61.5 Å². The van der Waals surface area contributed by atoms with Crippen LogP contribution in [0, 0.1) is 6.92 Å². The number of hydrogen-bond donors (Lipinski definition) is 1. The Hall–Kier alpha value is -3.36. The van der Waals surface area contributed by atoms with E-state index < -0.39 is 16.1 Å². The maximum absolute atomic E-state index is 14.0. The van der Waals surface area contributed by atoms with E-state index in [0.29, 0.717) is 17.1 Å². The largest absolute Gasteiger partial charge is 0.352 e. The van der Waals surface area contributed by atoms with Gasteiger partial charge in [0.1, 0.15) is 6.04 Å². The molecular formula is C33H40ClN3O4S. The molecule has 42 heavy (non-hydrogen) atoms. The van der Waals surface area contributed by atoms with Crippen molar-refractivity contribution >= 4 is 39.1 Å². The highest BCUT2D eigenvalue weighted by Gasteiger charge is 2.32. The van der Waals surface area contributed by atoms with Crippen molar-refractivity contribution in [3.8, 4) is 0 Å². The molecule has 1 aliphatic carbocycles. The lowest BCUT2D eigenvalue weighted by Crippen LogP contribution is -2.52. The first-order valence-electron chi connectivity index (χ1n) is 14.5. The summed E-state index contributed by atoms with van der Waals surface area (Å²) in [6, 6.07) is 23.8. The summed E-state index contributed by atoms with van der Waals surface area (Å²) in [6.07, 6.45) is 5.96. The molecule has 0 bridgehead atoms. The van der Waals surface area contributed by atoms with Crippen LogP contribution in [0.5, 0.6) is 0 Å². The topological polar surface area (TPSA) is 86.8 Å². The fourth-order valence-corrected chi connectivity index (χ4v) is 6.59. The minimum atomic E-state index is -3.60. The molecule has 7 nitrogen and oxygen atoms in total. The van der Waals surface area contributed by atoms with Gasteiger partial charge in [0.15, 0.2) is 0 Å². The molecule has 0 saturated heterocycles. The van der Waals surface area contributed by atoms with Gasteiger partial charge >= 0.3 is 0 Å². The molecule has 3 aromatic carbocycles. The second-order valence-electron chi connectivity index (χ2n) is 11.1. The monoisotopic (exact) mass is 609 g/mol. The van der Waals surface area contributed by atoms with Gasteiger partial charge < -0.3 is 10.2 Å².